The monoisotopic (exact) mass is 200 g/mol. The molecule has 0 saturated heterocycles. The summed E-state index contributed by atoms with van der Waals surface area (Å²) < 4.78 is 0. The Morgan fingerprint density at radius 2 is 1.57 bits per heavy atom. The molecule has 0 spiro atoms. The fourth-order valence-corrected chi connectivity index (χ4v) is 1.46. The van der Waals surface area contributed by atoms with Crippen LogP contribution in [0.4, 0.5) is 0 Å². The van der Waals surface area contributed by atoms with Crippen LogP contribution in [0.1, 0.15) is 58.3 Å². The summed E-state index contributed by atoms with van der Waals surface area (Å²) in [5, 5.41) is 0. The Bertz CT molecular complexity index is 148. The number of unbranched alkanes of at least 4 members (excludes halogenated alkanes) is 6. The van der Waals surface area contributed by atoms with Gasteiger partial charge < -0.3 is 11.5 Å². The van der Waals surface area contributed by atoms with Crippen LogP contribution in [0.25, 0.3) is 0 Å². The van der Waals surface area contributed by atoms with Crippen molar-refractivity contribution in [3.8, 4) is 0 Å². The molecular formula is C11H24N2O. The first-order valence-corrected chi connectivity index (χ1v) is 5.73. The fraction of sp³-hybridized carbons (Fsp3) is 0.909. The average Bonchev–Trinajstić information content (AvgIpc) is 2.16. The topological polar surface area (TPSA) is 69.1 Å². The molecule has 14 heavy (non-hydrogen) atoms. The molecule has 1 unspecified atom stereocenters. The number of hydrogen-bond acceptors (Lipinski definition) is 2. The molecule has 4 N–H and O–H groups in total. The van der Waals surface area contributed by atoms with Gasteiger partial charge in [0.25, 0.3) is 0 Å². The third kappa shape index (κ3) is 8.05. The summed E-state index contributed by atoms with van der Waals surface area (Å²) in [6.07, 6.45) is 9.45. The van der Waals surface area contributed by atoms with Crippen molar-refractivity contribution in [3.63, 3.8) is 0 Å². The Morgan fingerprint density at radius 1 is 1.07 bits per heavy atom. The summed E-state index contributed by atoms with van der Waals surface area (Å²) in [7, 11) is 0. The summed E-state index contributed by atoms with van der Waals surface area (Å²) in [5.74, 6) is -0.379. The van der Waals surface area contributed by atoms with Gasteiger partial charge in [0, 0.05) is 0 Å². The zero-order valence-electron chi connectivity index (χ0n) is 9.30. The summed E-state index contributed by atoms with van der Waals surface area (Å²) in [5.41, 5.74) is 10.6. The second kappa shape index (κ2) is 9.00. The molecular weight excluding hydrogens is 176 g/mol. The lowest BCUT2D eigenvalue weighted by Gasteiger charge is -2.06. The molecule has 3 nitrogen and oxygen atoms in total. The van der Waals surface area contributed by atoms with Crippen molar-refractivity contribution >= 4 is 5.91 Å². The van der Waals surface area contributed by atoms with Gasteiger partial charge in [-0.25, -0.2) is 0 Å². The molecule has 84 valence electrons. The van der Waals surface area contributed by atoms with Gasteiger partial charge in [0.15, 0.2) is 0 Å². The molecule has 0 rings (SSSR count). The summed E-state index contributed by atoms with van der Waals surface area (Å²) >= 11 is 0. The van der Waals surface area contributed by atoms with Crippen molar-refractivity contribution in [2.75, 3.05) is 0 Å². The van der Waals surface area contributed by atoms with E-state index in [4.69, 9.17) is 11.5 Å². The second-order valence-corrected chi connectivity index (χ2v) is 3.92. The van der Waals surface area contributed by atoms with E-state index in [0.29, 0.717) is 0 Å². The number of carbonyl (C=O) groups excluding carboxylic acids is 1. The van der Waals surface area contributed by atoms with Crippen molar-refractivity contribution < 1.29 is 4.79 Å². The van der Waals surface area contributed by atoms with Gasteiger partial charge >= 0.3 is 0 Å². The predicted molar refractivity (Wildman–Crippen MR) is 59.8 cm³/mol. The Hall–Kier alpha value is -0.570. The molecule has 0 aromatic carbocycles. The van der Waals surface area contributed by atoms with Crippen molar-refractivity contribution in [3.05, 3.63) is 0 Å². The highest BCUT2D eigenvalue weighted by molar-refractivity contribution is 5.79. The molecule has 0 aromatic heterocycles. The van der Waals surface area contributed by atoms with E-state index in [0.717, 1.165) is 12.8 Å². The predicted octanol–water partition coefficient (Wildman–Crippen LogP) is 1.94. The molecule has 0 heterocycles. The maximum atomic E-state index is 10.6. The van der Waals surface area contributed by atoms with Gasteiger partial charge in [-0.3, -0.25) is 4.79 Å². The highest BCUT2D eigenvalue weighted by Crippen LogP contribution is 2.08. The number of primary amides is 1. The minimum Gasteiger partial charge on any atom is -0.368 e. The van der Waals surface area contributed by atoms with Crippen LogP contribution in [0.15, 0.2) is 0 Å². The van der Waals surface area contributed by atoms with Gasteiger partial charge in [0.1, 0.15) is 0 Å². The first kappa shape index (κ1) is 13.4. The molecule has 0 aliphatic heterocycles. The largest absolute Gasteiger partial charge is 0.368 e. The Balaban J connectivity index is 3.09. The van der Waals surface area contributed by atoms with E-state index in [-0.39, 0.29) is 5.91 Å². The normalized spacial score (nSPS) is 12.7. The van der Waals surface area contributed by atoms with E-state index >= 15 is 0 Å². The lowest BCUT2D eigenvalue weighted by Crippen LogP contribution is -2.36. The van der Waals surface area contributed by atoms with E-state index in [1.54, 1.807) is 0 Å². The zero-order chi connectivity index (χ0) is 10.8. The van der Waals surface area contributed by atoms with E-state index in [2.05, 4.69) is 6.92 Å². The SMILES string of the molecule is CCCCCCCCCC(N)C(N)=O. The fourth-order valence-electron chi connectivity index (χ4n) is 1.46. The van der Waals surface area contributed by atoms with Crippen LogP contribution in [-0.2, 0) is 4.79 Å². The maximum Gasteiger partial charge on any atom is 0.234 e. The lowest BCUT2D eigenvalue weighted by atomic mass is 10.1. The third-order valence-electron chi connectivity index (χ3n) is 2.48. The van der Waals surface area contributed by atoms with Gasteiger partial charge in [-0.2, -0.15) is 0 Å². The first-order valence-electron chi connectivity index (χ1n) is 5.73. The van der Waals surface area contributed by atoms with E-state index in [9.17, 15) is 4.79 Å². The van der Waals surface area contributed by atoms with Crippen molar-refractivity contribution in [1.29, 1.82) is 0 Å². The molecule has 0 radical (unpaired) electrons. The van der Waals surface area contributed by atoms with Crippen LogP contribution >= 0.6 is 0 Å². The Kier molecular flexibility index (Phi) is 8.64. The van der Waals surface area contributed by atoms with Crippen molar-refractivity contribution in [2.45, 2.75) is 64.3 Å². The lowest BCUT2D eigenvalue weighted by molar-refractivity contribution is -0.119. The van der Waals surface area contributed by atoms with Gasteiger partial charge in [-0.15, -0.1) is 0 Å². The smallest absolute Gasteiger partial charge is 0.234 e. The molecule has 0 aliphatic carbocycles. The summed E-state index contributed by atoms with van der Waals surface area (Å²) in [4.78, 5) is 10.6. The summed E-state index contributed by atoms with van der Waals surface area (Å²) in [6, 6.07) is -0.439. The van der Waals surface area contributed by atoms with Crippen LogP contribution in [0.3, 0.4) is 0 Å². The summed E-state index contributed by atoms with van der Waals surface area (Å²) in [6.45, 7) is 2.21. The van der Waals surface area contributed by atoms with Crippen molar-refractivity contribution in [2.24, 2.45) is 11.5 Å². The molecule has 3 heteroatoms. The van der Waals surface area contributed by atoms with E-state index in [1.165, 1.54) is 38.5 Å². The number of hydrogen-bond donors (Lipinski definition) is 2. The number of nitrogens with two attached hydrogens (primary N) is 2. The molecule has 0 bridgehead atoms. The first-order chi connectivity index (χ1) is 6.68. The zero-order valence-corrected chi connectivity index (χ0v) is 9.30. The van der Waals surface area contributed by atoms with Gasteiger partial charge in [-0.1, -0.05) is 51.9 Å². The minimum absolute atomic E-state index is 0.379. The van der Waals surface area contributed by atoms with E-state index in [1.807, 2.05) is 0 Å². The Morgan fingerprint density at radius 3 is 2.07 bits per heavy atom. The molecule has 1 amide bonds. The molecule has 0 fully saturated rings. The number of rotatable bonds is 9. The van der Waals surface area contributed by atoms with E-state index < -0.39 is 6.04 Å². The molecule has 0 aliphatic rings. The van der Waals surface area contributed by atoms with Crippen molar-refractivity contribution in [1.82, 2.24) is 0 Å². The van der Waals surface area contributed by atoms with Crippen LogP contribution in [0.5, 0.6) is 0 Å². The second-order valence-electron chi connectivity index (χ2n) is 3.92. The van der Waals surface area contributed by atoms with Crippen LogP contribution in [0.2, 0.25) is 0 Å². The molecule has 0 aromatic rings. The highest BCUT2D eigenvalue weighted by atomic mass is 16.1. The average molecular weight is 200 g/mol. The highest BCUT2D eigenvalue weighted by Gasteiger charge is 2.07. The van der Waals surface area contributed by atoms with Gasteiger partial charge in [0.2, 0.25) is 5.91 Å². The van der Waals surface area contributed by atoms with Gasteiger partial charge in [0.05, 0.1) is 6.04 Å². The third-order valence-corrected chi connectivity index (χ3v) is 2.48. The molecule has 1 atom stereocenters. The standard InChI is InChI=1S/C11H24N2O/c1-2-3-4-5-6-7-8-9-10(12)11(13)14/h10H,2-9,12H2,1H3,(H2,13,14). The quantitative estimate of drug-likeness (QED) is 0.558. The maximum absolute atomic E-state index is 10.6. The Labute approximate surface area is 87.2 Å². The van der Waals surface area contributed by atoms with Crippen LogP contribution in [-0.4, -0.2) is 11.9 Å². The van der Waals surface area contributed by atoms with Crippen LogP contribution < -0.4 is 11.5 Å². The molecule has 0 saturated carbocycles. The minimum atomic E-state index is -0.439. The number of carbonyl (C=O) groups is 1. The van der Waals surface area contributed by atoms with Crippen LogP contribution in [0, 0.1) is 0 Å². The van der Waals surface area contributed by atoms with Gasteiger partial charge in [-0.05, 0) is 6.42 Å². The number of amides is 1.